The number of halogens is 3. The molecule has 1 rings (SSSR count). The molecule has 16 heavy (non-hydrogen) atoms. The highest BCUT2D eigenvalue weighted by atomic mass is 19.4. The summed E-state index contributed by atoms with van der Waals surface area (Å²) in [6.45, 7) is 5.64. The van der Waals surface area contributed by atoms with Crippen LogP contribution in [-0.4, -0.2) is 4.98 Å². The van der Waals surface area contributed by atoms with E-state index in [2.05, 4.69) is 4.98 Å². The van der Waals surface area contributed by atoms with Crippen LogP contribution in [0.4, 0.5) is 19.0 Å². The molecule has 1 aromatic heterocycles. The van der Waals surface area contributed by atoms with Crippen molar-refractivity contribution in [2.24, 2.45) is 5.41 Å². The van der Waals surface area contributed by atoms with Gasteiger partial charge in [0.15, 0.2) is 0 Å². The third-order valence-corrected chi connectivity index (χ3v) is 2.07. The standard InChI is InChI=1S/C11H15F3N2/c1-10(2,3)6-7-4-5-16-9(15)8(7)11(12,13)14/h4-5H,6H2,1-3H3,(H2,15,16). The highest BCUT2D eigenvalue weighted by Crippen LogP contribution is 2.37. The molecule has 0 spiro atoms. The summed E-state index contributed by atoms with van der Waals surface area (Å²) in [5.41, 5.74) is 4.47. The summed E-state index contributed by atoms with van der Waals surface area (Å²) in [4.78, 5) is 3.49. The van der Waals surface area contributed by atoms with Crippen LogP contribution in [0.1, 0.15) is 31.9 Å². The molecule has 2 N–H and O–H groups in total. The first-order valence-electron chi connectivity index (χ1n) is 4.92. The van der Waals surface area contributed by atoms with Crippen LogP contribution in [-0.2, 0) is 12.6 Å². The Bertz CT molecular complexity index is 378. The van der Waals surface area contributed by atoms with Gasteiger partial charge in [-0.3, -0.25) is 0 Å². The van der Waals surface area contributed by atoms with E-state index in [0.717, 1.165) is 0 Å². The molecule has 2 nitrogen and oxygen atoms in total. The Morgan fingerprint density at radius 2 is 1.81 bits per heavy atom. The molecule has 5 heteroatoms. The van der Waals surface area contributed by atoms with Crippen molar-refractivity contribution in [1.29, 1.82) is 0 Å². The molecule has 0 aliphatic rings. The van der Waals surface area contributed by atoms with Gasteiger partial charge < -0.3 is 5.73 Å². The second-order valence-corrected chi connectivity index (χ2v) is 4.97. The number of alkyl halides is 3. The number of nitrogen functional groups attached to an aromatic ring is 1. The lowest BCUT2D eigenvalue weighted by Gasteiger charge is -2.21. The fourth-order valence-corrected chi connectivity index (χ4v) is 1.57. The molecule has 0 aliphatic heterocycles. The molecule has 1 heterocycles. The lowest BCUT2D eigenvalue weighted by Crippen LogP contribution is -2.18. The SMILES string of the molecule is CC(C)(C)Cc1ccnc(N)c1C(F)(F)F. The molecule has 0 aliphatic carbocycles. The number of nitrogens with zero attached hydrogens (tertiary/aromatic N) is 1. The topological polar surface area (TPSA) is 38.9 Å². The van der Waals surface area contributed by atoms with Crippen LogP contribution >= 0.6 is 0 Å². The Kier molecular flexibility index (Phi) is 3.17. The molecule has 0 unspecified atom stereocenters. The average molecular weight is 232 g/mol. The molecule has 0 saturated carbocycles. The highest BCUT2D eigenvalue weighted by Gasteiger charge is 2.37. The molecule has 0 amide bonds. The summed E-state index contributed by atoms with van der Waals surface area (Å²) in [6.07, 6.45) is -2.82. The number of hydrogen-bond donors (Lipinski definition) is 1. The van der Waals surface area contributed by atoms with Crippen molar-refractivity contribution in [3.05, 3.63) is 23.4 Å². The third kappa shape index (κ3) is 3.12. The molecular weight excluding hydrogens is 217 g/mol. The summed E-state index contributed by atoms with van der Waals surface area (Å²) in [5, 5.41) is 0. The second kappa shape index (κ2) is 3.96. The van der Waals surface area contributed by atoms with Crippen molar-refractivity contribution in [3.63, 3.8) is 0 Å². The molecule has 90 valence electrons. The number of anilines is 1. The molecule has 0 radical (unpaired) electrons. The summed E-state index contributed by atoms with van der Waals surface area (Å²) >= 11 is 0. The minimum atomic E-state index is -4.45. The minimum Gasteiger partial charge on any atom is -0.383 e. The van der Waals surface area contributed by atoms with Crippen LogP contribution in [0, 0.1) is 5.41 Å². The fraction of sp³-hybridized carbons (Fsp3) is 0.545. The van der Waals surface area contributed by atoms with Crippen molar-refractivity contribution in [1.82, 2.24) is 4.98 Å². The van der Waals surface area contributed by atoms with E-state index >= 15 is 0 Å². The number of aromatic nitrogens is 1. The van der Waals surface area contributed by atoms with Crippen molar-refractivity contribution in [2.75, 3.05) is 5.73 Å². The van der Waals surface area contributed by atoms with Crippen LogP contribution in [0.3, 0.4) is 0 Å². The number of nitrogens with two attached hydrogens (primary N) is 1. The summed E-state index contributed by atoms with van der Waals surface area (Å²) in [7, 11) is 0. The molecule has 0 bridgehead atoms. The summed E-state index contributed by atoms with van der Waals surface area (Å²) in [5.74, 6) is -0.450. The zero-order chi connectivity index (χ0) is 12.6. The van der Waals surface area contributed by atoms with Crippen LogP contribution in [0.15, 0.2) is 12.3 Å². The highest BCUT2D eigenvalue weighted by molar-refractivity contribution is 5.46. The first-order valence-corrected chi connectivity index (χ1v) is 4.92. The van der Waals surface area contributed by atoms with Gasteiger partial charge in [-0.2, -0.15) is 13.2 Å². The van der Waals surface area contributed by atoms with Crippen molar-refractivity contribution in [2.45, 2.75) is 33.4 Å². The Morgan fingerprint density at radius 3 is 2.25 bits per heavy atom. The average Bonchev–Trinajstić information content (AvgIpc) is 1.97. The Morgan fingerprint density at radius 1 is 1.25 bits per heavy atom. The lowest BCUT2D eigenvalue weighted by molar-refractivity contribution is -0.137. The largest absolute Gasteiger partial charge is 0.420 e. The molecule has 0 fully saturated rings. The van der Waals surface area contributed by atoms with Gasteiger partial charge >= 0.3 is 6.18 Å². The number of rotatable bonds is 1. The molecular formula is C11H15F3N2. The first kappa shape index (κ1) is 12.8. The number of hydrogen-bond acceptors (Lipinski definition) is 2. The predicted molar refractivity (Wildman–Crippen MR) is 56.8 cm³/mol. The zero-order valence-electron chi connectivity index (χ0n) is 9.52. The van der Waals surface area contributed by atoms with E-state index in [-0.39, 0.29) is 11.0 Å². The lowest BCUT2D eigenvalue weighted by atomic mass is 9.86. The van der Waals surface area contributed by atoms with Gasteiger partial charge in [0, 0.05) is 6.20 Å². The zero-order valence-corrected chi connectivity index (χ0v) is 9.52. The van der Waals surface area contributed by atoms with Gasteiger partial charge in [-0.15, -0.1) is 0 Å². The maximum Gasteiger partial charge on any atom is 0.420 e. The van der Waals surface area contributed by atoms with Crippen LogP contribution in [0.25, 0.3) is 0 Å². The van der Waals surface area contributed by atoms with Gasteiger partial charge in [0.25, 0.3) is 0 Å². The Hall–Kier alpha value is -1.26. The van der Waals surface area contributed by atoms with E-state index < -0.39 is 17.6 Å². The van der Waals surface area contributed by atoms with Gasteiger partial charge in [-0.25, -0.2) is 4.98 Å². The summed E-state index contributed by atoms with van der Waals surface area (Å²) in [6, 6.07) is 1.38. The molecule has 0 aromatic carbocycles. The fourth-order valence-electron chi connectivity index (χ4n) is 1.57. The normalized spacial score (nSPS) is 12.9. The third-order valence-electron chi connectivity index (χ3n) is 2.07. The monoisotopic (exact) mass is 232 g/mol. The van der Waals surface area contributed by atoms with Crippen LogP contribution in [0.2, 0.25) is 0 Å². The van der Waals surface area contributed by atoms with Crippen molar-refractivity contribution in [3.8, 4) is 0 Å². The van der Waals surface area contributed by atoms with Gasteiger partial charge in [-0.1, -0.05) is 20.8 Å². The Labute approximate surface area is 92.7 Å². The number of pyridine rings is 1. The smallest absolute Gasteiger partial charge is 0.383 e. The summed E-state index contributed by atoms with van der Waals surface area (Å²) < 4.78 is 38.3. The van der Waals surface area contributed by atoms with Crippen molar-refractivity contribution < 1.29 is 13.2 Å². The van der Waals surface area contributed by atoms with E-state index in [1.165, 1.54) is 12.3 Å². The molecule has 0 atom stereocenters. The van der Waals surface area contributed by atoms with Crippen LogP contribution < -0.4 is 5.73 Å². The first-order chi connectivity index (χ1) is 7.11. The maximum absolute atomic E-state index is 12.8. The quantitative estimate of drug-likeness (QED) is 0.807. The van der Waals surface area contributed by atoms with Gasteiger partial charge in [0.1, 0.15) is 11.4 Å². The van der Waals surface area contributed by atoms with Gasteiger partial charge in [0.2, 0.25) is 0 Å². The van der Waals surface area contributed by atoms with E-state index in [4.69, 9.17) is 5.73 Å². The minimum absolute atomic E-state index is 0.201. The van der Waals surface area contributed by atoms with E-state index in [0.29, 0.717) is 6.42 Å². The van der Waals surface area contributed by atoms with Gasteiger partial charge in [0.05, 0.1) is 0 Å². The van der Waals surface area contributed by atoms with Crippen molar-refractivity contribution >= 4 is 5.82 Å². The second-order valence-electron chi connectivity index (χ2n) is 4.97. The van der Waals surface area contributed by atoms with E-state index in [1.807, 2.05) is 20.8 Å². The molecule has 1 aromatic rings. The molecule has 0 saturated heterocycles. The van der Waals surface area contributed by atoms with Gasteiger partial charge in [-0.05, 0) is 23.5 Å². The van der Waals surface area contributed by atoms with E-state index in [9.17, 15) is 13.2 Å². The Balaban J connectivity index is 3.24. The predicted octanol–water partition coefficient (Wildman–Crippen LogP) is 3.27. The maximum atomic E-state index is 12.8. The van der Waals surface area contributed by atoms with E-state index in [1.54, 1.807) is 0 Å². The van der Waals surface area contributed by atoms with Crippen LogP contribution in [0.5, 0.6) is 0 Å².